The molecule has 0 radical (unpaired) electrons. The zero-order valence-corrected chi connectivity index (χ0v) is 14.0. The van der Waals surface area contributed by atoms with Crippen LogP contribution in [0.1, 0.15) is 29.7 Å². The highest BCUT2D eigenvalue weighted by atomic mass is 16.5. The molecule has 0 saturated heterocycles. The van der Waals surface area contributed by atoms with Gasteiger partial charge in [0.15, 0.2) is 6.54 Å². The monoisotopic (exact) mass is 313 g/mol. The largest absolute Gasteiger partial charge is 0.496 e. The van der Waals surface area contributed by atoms with E-state index in [-0.39, 0.29) is 11.9 Å². The first-order chi connectivity index (χ1) is 11.1. The number of para-hydroxylation sites is 1. The van der Waals surface area contributed by atoms with Crippen molar-refractivity contribution in [1.29, 1.82) is 0 Å². The smallest absolute Gasteiger partial charge is 0.275 e. The molecule has 4 nitrogen and oxygen atoms in total. The summed E-state index contributed by atoms with van der Waals surface area (Å²) in [6.07, 6.45) is 0. The van der Waals surface area contributed by atoms with E-state index in [0.717, 1.165) is 16.9 Å². The Balaban J connectivity index is 1.80. The van der Waals surface area contributed by atoms with Crippen LogP contribution in [0.2, 0.25) is 0 Å². The molecule has 0 aliphatic rings. The SMILES string of the molecule is COc1ccccc1[C@H](C)[NH2+]CC(=O)NCc1ccc(C)cc1. The third-order valence-corrected chi connectivity index (χ3v) is 3.90. The van der Waals surface area contributed by atoms with Crippen LogP contribution in [0, 0.1) is 6.92 Å². The van der Waals surface area contributed by atoms with Gasteiger partial charge < -0.3 is 15.4 Å². The molecule has 2 aromatic rings. The molecule has 0 bridgehead atoms. The number of nitrogens with two attached hydrogens (primary N) is 1. The first-order valence-corrected chi connectivity index (χ1v) is 7.88. The number of hydrogen-bond acceptors (Lipinski definition) is 2. The lowest BCUT2D eigenvalue weighted by molar-refractivity contribution is -0.682. The van der Waals surface area contributed by atoms with E-state index >= 15 is 0 Å². The summed E-state index contributed by atoms with van der Waals surface area (Å²) >= 11 is 0. The van der Waals surface area contributed by atoms with Crippen molar-refractivity contribution in [2.45, 2.75) is 26.4 Å². The topological polar surface area (TPSA) is 54.9 Å². The van der Waals surface area contributed by atoms with Gasteiger partial charge in [0, 0.05) is 6.54 Å². The molecular formula is C19H25N2O2+. The van der Waals surface area contributed by atoms with Gasteiger partial charge in [0.05, 0.1) is 12.7 Å². The average molecular weight is 313 g/mol. The Morgan fingerprint density at radius 2 is 1.87 bits per heavy atom. The number of carbonyl (C=O) groups is 1. The van der Waals surface area contributed by atoms with E-state index < -0.39 is 0 Å². The third kappa shape index (κ3) is 5.11. The van der Waals surface area contributed by atoms with Gasteiger partial charge in [-0.3, -0.25) is 4.79 Å². The normalized spacial score (nSPS) is 11.8. The van der Waals surface area contributed by atoms with Crippen molar-refractivity contribution in [2.75, 3.05) is 13.7 Å². The lowest BCUT2D eigenvalue weighted by Crippen LogP contribution is -2.87. The average Bonchev–Trinajstić information content (AvgIpc) is 2.59. The number of benzene rings is 2. The third-order valence-electron chi connectivity index (χ3n) is 3.90. The fourth-order valence-corrected chi connectivity index (χ4v) is 2.43. The van der Waals surface area contributed by atoms with E-state index in [0.29, 0.717) is 13.1 Å². The van der Waals surface area contributed by atoms with Crippen LogP contribution in [0.3, 0.4) is 0 Å². The van der Waals surface area contributed by atoms with Gasteiger partial charge in [0.25, 0.3) is 5.91 Å². The van der Waals surface area contributed by atoms with Gasteiger partial charge in [0.2, 0.25) is 0 Å². The second-order valence-corrected chi connectivity index (χ2v) is 5.73. The summed E-state index contributed by atoms with van der Waals surface area (Å²) in [7, 11) is 1.67. The van der Waals surface area contributed by atoms with Crippen molar-refractivity contribution in [2.24, 2.45) is 0 Å². The number of aryl methyl sites for hydroxylation is 1. The number of rotatable bonds is 7. The summed E-state index contributed by atoms with van der Waals surface area (Å²) in [6.45, 7) is 5.09. The van der Waals surface area contributed by atoms with Crippen LogP contribution in [-0.4, -0.2) is 19.6 Å². The summed E-state index contributed by atoms with van der Waals surface area (Å²) in [5.41, 5.74) is 3.43. The first kappa shape index (κ1) is 17.0. The summed E-state index contributed by atoms with van der Waals surface area (Å²) in [5, 5.41) is 4.97. The quantitative estimate of drug-likeness (QED) is 0.821. The molecule has 0 aliphatic heterocycles. The highest BCUT2D eigenvalue weighted by Crippen LogP contribution is 2.21. The maximum Gasteiger partial charge on any atom is 0.275 e. The highest BCUT2D eigenvalue weighted by molar-refractivity contribution is 5.76. The zero-order valence-electron chi connectivity index (χ0n) is 14.0. The molecule has 23 heavy (non-hydrogen) atoms. The van der Waals surface area contributed by atoms with Crippen molar-refractivity contribution in [3.05, 3.63) is 65.2 Å². The minimum Gasteiger partial charge on any atom is -0.496 e. The predicted octanol–water partition coefficient (Wildman–Crippen LogP) is 1.94. The molecule has 0 spiro atoms. The zero-order chi connectivity index (χ0) is 16.7. The number of quaternary nitrogens is 1. The summed E-state index contributed by atoms with van der Waals surface area (Å²) in [6, 6.07) is 16.3. The van der Waals surface area contributed by atoms with E-state index in [1.54, 1.807) is 7.11 Å². The Kier molecular flexibility index (Phi) is 6.18. The van der Waals surface area contributed by atoms with Gasteiger partial charge in [-0.2, -0.15) is 0 Å². The minimum atomic E-state index is 0.0346. The molecule has 0 fully saturated rings. The van der Waals surface area contributed by atoms with E-state index in [2.05, 4.69) is 31.3 Å². The Hall–Kier alpha value is -2.33. The molecule has 122 valence electrons. The lowest BCUT2D eigenvalue weighted by Gasteiger charge is -2.14. The van der Waals surface area contributed by atoms with Gasteiger partial charge in [0.1, 0.15) is 11.8 Å². The molecule has 3 N–H and O–H groups in total. The molecule has 0 aromatic heterocycles. The fraction of sp³-hybridized carbons (Fsp3) is 0.316. The standard InChI is InChI=1S/C19H24N2O2/c1-14-8-10-16(11-9-14)12-21-19(22)13-20-15(2)17-6-4-5-7-18(17)23-3/h4-11,15,20H,12-13H2,1-3H3,(H,21,22)/p+1/t15-/m0/s1. The molecule has 1 atom stereocenters. The molecule has 0 heterocycles. The van der Waals surface area contributed by atoms with E-state index in [4.69, 9.17) is 4.74 Å². The number of nitrogens with one attached hydrogen (secondary N) is 1. The second kappa shape index (κ2) is 8.34. The molecule has 0 aliphatic carbocycles. The van der Waals surface area contributed by atoms with Crippen LogP contribution in [0.15, 0.2) is 48.5 Å². The van der Waals surface area contributed by atoms with Gasteiger partial charge >= 0.3 is 0 Å². The van der Waals surface area contributed by atoms with Gasteiger partial charge in [-0.15, -0.1) is 0 Å². The van der Waals surface area contributed by atoms with Crippen LogP contribution < -0.4 is 15.4 Å². The van der Waals surface area contributed by atoms with E-state index in [1.165, 1.54) is 5.56 Å². The van der Waals surface area contributed by atoms with E-state index in [9.17, 15) is 4.79 Å². The van der Waals surface area contributed by atoms with Gasteiger partial charge in [-0.1, -0.05) is 42.0 Å². The molecule has 1 amide bonds. The van der Waals surface area contributed by atoms with Crippen molar-refractivity contribution >= 4 is 5.91 Å². The van der Waals surface area contributed by atoms with Crippen molar-refractivity contribution < 1.29 is 14.8 Å². The molecule has 4 heteroatoms. The Labute approximate surface area is 137 Å². The van der Waals surface area contributed by atoms with Crippen LogP contribution in [-0.2, 0) is 11.3 Å². The Morgan fingerprint density at radius 3 is 2.57 bits per heavy atom. The Bertz CT molecular complexity index is 638. The number of methoxy groups -OCH3 is 1. The maximum atomic E-state index is 12.0. The lowest BCUT2D eigenvalue weighted by atomic mass is 10.1. The van der Waals surface area contributed by atoms with Gasteiger partial charge in [-0.05, 0) is 31.5 Å². The molecule has 0 unspecified atom stereocenters. The summed E-state index contributed by atoms with van der Waals surface area (Å²) in [4.78, 5) is 12.0. The maximum absolute atomic E-state index is 12.0. The Morgan fingerprint density at radius 1 is 1.17 bits per heavy atom. The predicted molar refractivity (Wildman–Crippen MR) is 91.2 cm³/mol. The molecule has 2 aromatic carbocycles. The molecule has 2 rings (SSSR count). The fourth-order valence-electron chi connectivity index (χ4n) is 2.43. The summed E-state index contributed by atoms with van der Waals surface area (Å²) < 4.78 is 5.37. The van der Waals surface area contributed by atoms with Crippen molar-refractivity contribution in [3.8, 4) is 5.75 Å². The number of hydrogen-bond donors (Lipinski definition) is 2. The van der Waals surface area contributed by atoms with E-state index in [1.807, 2.05) is 41.7 Å². The summed E-state index contributed by atoms with van der Waals surface area (Å²) in [5.74, 6) is 0.892. The first-order valence-electron chi connectivity index (χ1n) is 7.88. The highest BCUT2D eigenvalue weighted by Gasteiger charge is 2.15. The molecule has 0 saturated carbocycles. The second-order valence-electron chi connectivity index (χ2n) is 5.73. The number of amides is 1. The number of carbonyl (C=O) groups excluding carboxylic acids is 1. The van der Waals surface area contributed by atoms with Crippen molar-refractivity contribution in [3.63, 3.8) is 0 Å². The number of ether oxygens (including phenoxy) is 1. The van der Waals surface area contributed by atoms with Crippen LogP contribution in [0.25, 0.3) is 0 Å². The van der Waals surface area contributed by atoms with Crippen molar-refractivity contribution in [1.82, 2.24) is 5.32 Å². The van der Waals surface area contributed by atoms with Gasteiger partial charge in [-0.25, -0.2) is 0 Å². The van der Waals surface area contributed by atoms with Crippen LogP contribution >= 0.6 is 0 Å². The minimum absolute atomic E-state index is 0.0346. The van der Waals surface area contributed by atoms with Crippen LogP contribution in [0.5, 0.6) is 5.75 Å². The molecular weight excluding hydrogens is 288 g/mol. The van der Waals surface area contributed by atoms with Crippen LogP contribution in [0.4, 0.5) is 0 Å².